The van der Waals surface area contributed by atoms with Crippen molar-refractivity contribution in [2.24, 2.45) is 5.73 Å². The monoisotopic (exact) mass is 490 g/mol. The Bertz CT molecular complexity index is 1160. The number of carbonyl (C=O) groups is 2. The van der Waals surface area contributed by atoms with Crippen molar-refractivity contribution in [1.29, 1.82) is 0 Å². The predicted octanol–water partition coefficient (Wildman–Crippen LogP) is 7.35. The van der Waals surface area contributed by atoms with Crippen molar-refractivity contribution in [2.45, 2.75) is 56.9 Å². The number of aromatic carboxylic acids is 1. The average Bonchev–Trinajstić information content (AvgIpc) is 2.88. The minimum Gasteiger partial charge on any atom is -0.478 e. The minimum absolute atomic E-state index is 0.165. The topological polar surface area (TPSA) is 83.6 Å². The lowest BCUT2D eigenvalue weighted by Crippen LogP contribution is -2.40. The van der Waals surface area contributed by atoms with Gasteiger partial charge in [-0.1, -0.05) is 73.3 Å². The van der Waals surface area contributed by atoms with Crippen LogP contribution in [0.2, 0.25) is 5.02 Å². The largest absolute Gasteiger partial charge is 0.478 e. The van der Waals surface area contributed by atoms with Gasteiger partial charge in [-0.3, -0.25) is 4.90 Å². The lowest BCUT2D eigenvalue weighted by molar-refractivity contribution is 0.0695. The van der Waals surface area contributed by atoms with Crippen LogP contribution in [0, 0.1) is 0 Å². The average molecular weight is 491 g/mol. The number of amides is 2. The van der Waals surface area contributed by atoms with Gasteiger partial charge >= 0.3 is 12.0 Å². The molecular weight excluding hydrogens is 460 g/mol. The van der Waals surface area contributed by atoms with Crippen molar-refractivity contribution in [3.05, 3.63) is 100 Å². The summed E-state index contributed by atoms with van der Waals surface area (Å²) in [7, 11) is 0. The molecule has 1 saturated carbocycles. The third-order valence-corrected chi connectivity index (χ3v) is 7.22. The van der Waals surface area contributed by atoms with Crippen molar-refractivity contribution in [3.8, 4) is 0 Å². The van der Waals surface area contributed by atoms with Gasteiger partial charge in [-0.25, -0.2) is 9.59 Å². The van der Waals surface area contributed by atoms with E-state index in [0.29, 0.717) is 35.0 Å². The number of anilines is 1. The third-order valence-electron chi connectivity index (χ3n) is 6.97. The molecule has 1 aliphatic carbocycles. The maximum absolute atomic E-state index is 12.8. The van der Waals surface area contributed by atoms with Crippen LogP contribution in [-0.4, -0.2) is 17.1 Å². The maximum atomic E-state index is 12.8. The molecule has 0 radical (unpaired) electrons. The van der Waals surface area contributed by atoms with Crippen molar-refractivity contribution in [1.82, 2.24) is 0 Å². The number of hydrogen-bond acceptors (Lipinski definition) is 2. The van der Waals surface area contributed by atoms with Gasteiger partial charge < -0.3 is 10.8 Å². The van der Waals surface area contributed by atoms with Crippen molar-refractivity contribution < 1.29 is 14.7 Å². The molecule has 6 heteroatoms. The summed E-state index contributed by atoms with van der Waals surface area (Å²) in [6, 6.07) is 21.2. The Hall–Kier alpha value is -3.31. The summed E-state index contributed by atoms with van der Waals surface area (Å²) < 4.78 is 0. The van der Waals surface area contributed by atoms with Crippen LogP contribution < -0.4 is 10.6 Å². The van der Waals surface area contributed by atoms with Crippen LogP contribution in [-0.2, 0) is 6.42 Å². The van der Waals surface area contributed by atoms with Crippen molar-refractivity contribution >= 4 is 29.3 Å². The first-order chi connectivity index (χ1) is 16.9. The van der Waals surface area contributed by atoms with E-state index in [0.717, 1.165) is 5.56 Å². The second kappa shape index (κ2) is 11.4. The van der Waals surface area contributed by atoms with Gasteiger partial charge in [-0.2, -0.15) is 0 Å². The fourth-order valence-electron chi connectivity index (χ4n) is 5.16. The molecule has 0 unspecified atom stereocenters. The Morgan fingerprint density at radius 3 is 2.23 bits per heavy atom. The molecule has 0 aliphatic heterocycles. The summed E-state index contributed by atoms with van der Waals surface area (Å²) in [6.07, 6.45) is 7.29. The first-order valence-electron chi connectivity index (χ1n) is 12.2. The highest BCUT2D eigenvalue weighted by Crippen LogP contribution is 2.36. The van der Waals surface area contributed by atoms with E-state index in [-0.39, 0.29) is 5.56 Å². The highest BCUT2D eigenvalue weighted by molar-refractivity contribution is 6.30. The van der Waals surface area contributed by atoms with Crippen LogP contribution >= 0.6 is 11.6 Å². The van der Waals surface area contributed by atoms with E-state index in [1.807, 2.05) is 36.4 Å². The summed E-state index contributed by atoms with van der Waals surface area (Å²) in [6.45, 7) is 0. The van der Waals surface area contributed by atoms with Gasteiger partial charge in [0.1, 0.15) is 0 Å². The Kier molecular flexibility index (Phi) is 8.09. The number of aryl methyl sites for hydroxylation is 1. The lowest BCUT2D eigenvalue weighted by atomic mass is 9.84. The first kappa shape index (κ1) is 24.8. The Labute approximate surface area is 211 Å². The second-order valence-corrected chi connectivity index (χ2v) is 9.64. The minimum atomic E-state index is -1.03. The van der Waals surface area contributed by atoms with Gasteiger partial charge in [0.15, 0.2) is 0 Å². The SMILES string of the molecule is NC(=O)N(c1ccc(C2CCCCC2)cc1)[C@@H](CCc1ccc(Cl)cc1)c1ccccc1C(=O)O. The fraction of sp³-hybridized carbons (Fsp3) is 0.310. The lowest BCUT2D eigenvalue weighted by Gasteiger charge is -2.32. The number of nitrogens with two attached hydrogens (primary N) is 1. The molecule has 3 aromatic carbocycles. The number of urea groups is 1. The molecule has 4 rings (SSSR count). The van der Waals surface area contributed by atoms with E-state index >= 15 is 0 Å². The van der Waals surface area contributed by atoms with Crippen LogP contribution in [0.4, 0.5) is 10.5 Å². The Morgan fingerprint density at radius 2 is 1.60 bits per heavy atom. The number of rotatable bonds is 8. The molecule has 0 saturated heterocycles. The van der Waals surface area contributed by atoms with Gasteiger partial charge in [0.2, 0.25) is 0 Å². The van der Waals surface area contributed by atoms with E-state index in [1.54, 1.807) is 24.3 Å². The molecule has 3 N–H and O–H groups in total. The summed E-state index contributed by atoms with van der Waals surface area (Å²) in [5.41, 5.74) is 9.64. The summed E-state index contributed by atoms with van der Waals surface area (Å²) in [4.78, 5) is 26.4. The van der Waals surface area contributed by atoms with E-state index in [2.05, 4.69) is 12.1 Å². The maximum Gasteiger partial charge on any atom is 0.336 e. The molecule has 1 aliphatic rings. The normalized spacial score (nSPS) is 14.9. The number of carboxylic acids is 1. The third kappa shape index (κ3) is 6.04. The van der Waals surface area contributed by atoms with Crippen LogP contribution in [0.25, 0.3) is 0 Å². The summed E-state index contributed by atoms with van der Waals surface area (Å²) in [5, 5.41) is 10.5. The molecule has 182 valence electrons. The molecule has 0 aromatic heterocycles. The van der Waals surface area contributed by atoms with Gasteiger partial charge in [-0.05, 0) is 78.6 Å². The zero-order valence-corrected chi connectivity index (χ0v) is 20.5. The van der Waals surface area contributed by atoms with Crippen molar-refractivity contribution in [3.63, 3.8) is 0 Å². The van der Waals surface area contributed by atoms with Gasteiger partial charge in [0.25, 0.3) is 0 Å². The number of carboxylic acid groups (broad SMARTS) is 1. The Balaban J connectivity index is 1.69. The molecule has 3 aromatic rings. The molecular formula is C29H31ClN2O3. The van der Waals surface area contributed by atoms with Crippen LogP contribution in [0.15, 0.2) is 72.8 Å². The smallest absolute Gasteiger partial charge is 0.336 e. The van der Waals surface area contributed by atoms with E-state index < -0.39 is 18.0 Å². The molecule has 0 spiro atoms. The van der Waals surface area contributed by atoms with Gasteiger partial charge in [0, 0.05) is 10.7 Å². The molecule has 1 fully saturated rings. The van der Waals surface area contributed by atoms with Crippen LogP contribution in [0.3, 0.4) is 0 Å². The molecule has 2 amide bonds. The highest BCUT2D eigenvalue weighted by Gasteiger charge is 2.29. The Morgan fingerprint density at radius 1 is 0.943 bits per heavy atom. The van der Waals surface area contributed by atoms with Crippen LogP contribution in [0.5, 0.6) is 0 Å². The molecule has 35 heavy (non-hydrogen) atoms. The summed E-state index contributed by atoms with van der Waals surface area (Å²) >= 11 is 6.03. The standard InChI is InChI=1S/C29H31ClN2O3/c30-23-15-10-20(11-16-23)12-19-27(25-8-4-5-9-26(25)28(33)34)32(29(31)35)24-17-13-22(14-18-24)21-6-2-1-3-7-21/h4-5,8-11,13-18,21,27H,1-3,6-7,12,19H2,(H2,31,35)(H,33,34)/t27-/m0/s1. The van der Waals surface area contributed by atoms with E-state index in [1.165, 1.54) is 42.6 Å². The number of halogens is 1. The number of hydrogen-bond donors (Lipinski definition) is 2. The zero-order valence-electron chi connectivity index (χ0n) is 19.7. The first-order valence-corrected chi connectivity index (χ1v) is 12.6. The second-order valence-electron chi connectivity index (χ2n) is 9.21. The molecule has 1 atom stereocenters. The predicted molar refractivity (Wildman–Crippen MR) is 140 cm³/mol. The zero-order chi connectivity index (χ0) is 24.8. The van der Waals surface area contributed by atoms with Crippen LogP contribution in [0.1, 0.15) is 77.5 Å². The molecule has 5 nitrogen and oxygen atoms in total. The van der Waals surface area contributed by atoms with Gasteiger partial charge in [-0.15, -0.1) is 0 Å². The number of primary amides is 1. The fourth-order valence-corrected chi connectivity index (χ4v) is 5.29. The summed E-state index contributed by atoms with van der Waals surface area (Å²) in [5.74, 6) is -0.484. The molecule has 0 heterocycles. The van der Waals surface area contributed by atoms with Gasteiger partial charge in [0.05, 0.1) is 11.6 Å². The van der Waals surface area contributed by atoms with E-state index in [9.17, 15) is 14.7 Å². The highest BCUT2D eigenvalue weighted by atomic mass is 35.5. The quantitative estimate of drug-likeness (QED) is 0.346. The van der Waals surface area contributed by atoms with Crippen molar-refractivity contribution in [2.75, 3.05) is 4.90 Å². The number of benzene rings is 3. The number of nitrogens with zero attached hydrogens (tertiary/aromatic N) is 1. The van der Waals surface area contributed by atoms with E-state index in [4.69, 9.17) is 17.3 Å². The number of carbonyl (C=O) groups excluding carboxylic acids is 1. The molecule has 0 bridgehead atoms.